The monoisotopic (exact) mass is 795 g/mol. The van der Waals surface area contributed by atoms with Gasteiger partial charge in [-0.25, -0.2) is 0 Å². The zero-order valence-corrected chi connectivity index (χ0v) is 35.3. The van der Waals surface area contributed by atoms with E-state index in [2.05, 4.69) is 41.5 Å². The number of unbranched alkanes of at least 4 members (excludes halogenated alkanes) is 2. The Morgan fingerprint density at radius 1 is 0.911 bits per heavy atom. The lowest BCUT2D eigenvalue weighted by Crippen LogP contribution is -2.31. The molecule has 0 bridgehead atoms. The standard InChI is InChI=1S/C46H73F3O7/c1-8-32(7)37(10-3)39(12-5)38(11-4)33(9-2)21-18-19-28-54-45(53)25-17-15-14-16-24-41-40(42(51)30-43(41)56-44(52)13-6)27-26-35(50)31-55-36-23-20-22-34(29-36)46(47,48)49/h14,16,20,22-23,26-27,29,32-33,35,37-43,50-51H,8-13,15,17-19,21,24-25,28,30-31H2,1-7H3/b16-14-,27-26+/t32?,33?,35-,37?,38?,39?,40-,41-,42-,43+/m1/s1. The molecule has 0 amide bonds. The molecule has 2 rings (SSSR count). The molecule has 1 fully saturated rings. The summed E-state index contributed by atoms with van der Waals surface area (Å²) in [5, 5.41) is 21.4. The molecule has 1 saturated carbocycles. The number of allylic oxidation sites excluding steroid dienone is 2. The van der Waals surface area contributed by atoms with Gasteiger partial charge in [0.25, 0.3) is 0 Å². The topological polar surface area (TPSA) is 102 Å². The maximum atomic E-state index is 13.0. The molecular formula is C46H73F3O7. The quantitative estimate of drug-likeness (QED) is 0.0519. The number of carbonyl (C=O) groups excluding carboxylic acids is 2. The van der Waals surface area contributed by atoms with Crippen molar-refractivity contribution >= 4 is 11.9 Å². The maximum absolute atomic E-state index is 13.0. The zero-order valence-electron chi connectivity index (χ0n) is 35.3. The molecule has 0 heterocycles. The number of aliphatic hydroxyl groups excluding tert-OH is 2. The Kier molecular flexibility index (Phi) is 23.1. The summed E-state index contributed by atoms with van der Waals surface area (Å²) in [6.45, 7) is 16.0. The molecule has 0 aliphatic heterocycles. The molecule has 7 nitrogen and oxygen atoms in total. The summed E-state index contributed by atoms with van der Waals surface area (Å²) in [7, 11) is 0. The van der Waals surface area contributed by atoms with Crippen LogP contribution in [-0.2, 0) is 25.2 Å². The van der Waals surface area contributed by atoms with Gasteiger partial charge in [0, 0.05) is 31.1 Å². The van der Waals surface area contributed by atoms with Crippen molar-refractivity contribution in [3.63, 3.8) is 0 Å². The molecule has 0 radical (unpaired) electrons. The fraction of sp³-hybridized carbons (Fsp3) is 0.739. The number of benzene rings is 1. The van der Waals surface area contributed by atoms with E-state index in [4.69, 9.17) is 14.2 Å². The second kappa shape index (κ2) is 26.2. The molecule has 56 heavy (non-hydrogen) atoms. The maximum Gasteiger partial charge on any atom is 0.416 e. The van der Waals surface area contributed by atoms with Gasteiger partial charge in [0.15, 0.2) is 0 Å². The van der Waals surface area contributed by atoms with Crippen molar-refractivity contribution in [2.75, 3.05) is 13.2 Å². The number of halogens is 3. The largest absolute Gasteiger partial charge is 0.491 e. The van der Waals surface area contributed by atoms with Gasteiger partial charge in [0.1, 0.15) is 24.6 Å². The van der Waals surface area contributed by atoms with E-state index in [1.54, 1.807) is 13.0 Å². The van der Waals surface area contributed by atoms with Crippen molar-refractivity contribution in [3.05, 3.63) is 54.1 Å². The summed E-state index contributed by atoms with van der Waals surface area (Å²) in [4.78, 5) is 24.6. The fourth-order valence-electron chi connectivity index (χ4n) is 8.89. The molecule has 1 aliphatic carbocycles. The van der Waals surface area contributed by atoms with E-state index in [0.29, 0.717) is 38.2 Å². The molecule has 2 N–H and O–H groups in total. The number of carbonyl (C=O) groups is 2. The minimum absolute atomic E-state index is 0.0186. The molecule has 1 aromatic rings. The Balaban J connectivity index is 1.82. The van der Waals surface area contributed by atoms with Crippen LogP contribution in [0.5, 0.6) is 5.75 Å². The van der Waals surface area contributed by atoms with E-state index in [1.165, 1.54) is 56.7 Å². The first kappa shape index (κ1) is 49.3. The molecule has 0 saturated heterocycles. The highest BCUT2D eigenvalue weighted by molar-refractivity contribution is 5.69. The summed E-state index contributed by atoms with van der Waals surface area (Å²) < 4.78 is 55.7. The Morgan fingerprint density at radius 3 is 2.25 bits per heavy atom. The van der Waals surface area contributed by atoms with Crippen LogP contribution in [0.25, 0.3) is 0 Å². The van der Waals surface area contributed by atoms with Gasteiger partial charge in [0.2, 0.25) is 0 Å². The molecule has 5 unspecified atom stereocenters. The van der Waals surface area contributed by atoms with Gasteiger partial charge < -0.3 is 24.4 Å². The van der Waals surface area contributed by atoms with Crippen molar-refractivity contribution in [1.82, 2.24) is 0 Å². The van der Waals surface area contributed by atoms with Gasteiger partial charge in [-0.3, -0.25) is 9.59 Å². The van der Waals surface area contributed by atoms with Crippen LogP contribution < -0.4 is 4.74 Å². The SMILES string of the molecule is CCC(=O)O[C@H]1C[C@@H](O)[C@H](/C=C/[C@@H](O)COc2cccc(C(F)(F)F)c2)[C@H]1C/C=C\CCCC(=O)OCCCCC(CC)C(CC)C(CC)C(CC)C(C)CC. The van der Waals surface area contributed by atoms with Gasteiger partial charge in [-0.1, -0.05) is 117 Å². The number of hydrogen-bond donors (Lipinski definition) is 2. The van der Waals surface area contributed by atoms with Crippen LogP contribution in [0.1, 0.15) is 144 Å². The van der Waals surface area contributed by atoms with E-state index in [-0.39, 0.29) is 43.1 Å². The average Bonchev–Trinajstić information content (AvgIpc) is 3.47. The van der Waals surface area contributed by atoms with Crippen molar-refractivity contribution in [2.45, 2.75) is 163 Å². The third-order valence-electron chi connectivity index (χ3n) is 12.2. The minimum atomic E-state index is -4.51. The first-order valence-electron chi connectivity index (χ1n) is 21.6. The van der Waals surface area contributed by atoms with E-state index in [0.717, 1.165) is 48.6 Å². The predicted octanol–water partition coefficient (Wildman–Crippen LogP) is 11.3. The molecular weight excluding hydrogens is 721 g/mol. The van der Waals surface area contributed by atoms with E-state index in [1.807, 2.05) is 12.2 Å². The van der Waals surface area contributed by atoms with E-state index < -0.39 is 36.0 Å². The lowest BCUT2D eigenvalue weighted by atomic mass is 9.66. The fourth-order valence-corrected chi connectivity index (χ4v) is 8.89. The van der Waals surface area contributed by atoms with Gasteiger partial charge in [0.05, 0.1) is 18.3 Å². The minimum Gasteiger partial charge on any atom is -0.491 e. The van der Waals surface area contributed by atoms with Gasteiger partial charge in [-0.2, -0.15) is 13.2 Å². The molecule has 320 valence electrons. The number of hydrogen-bond acceptors (Lipinski definition) is 7. The molecule has 0 aromatic heterocycles. The highest BCUT2D eigenvalue weighted by atomic mass is 19.4. The van der Waals surface area contributed by atoms with Crippen LogP contribution in [0.15, 0.2) is 48.6 Å². The van der Waals surface area contributed by atoms with Crippen molar-refractivity contribution in [3.8, 4) is 5.75 Å². The molecule has 10 heteroatoms. The van der Waals surface area contributed by atoms with Crippen molar-refractivity contribution < 1.29 is 47.2 Å². The number of aliphatic hydroxyl groups is 2. The van der Waals surface area contributed by atoms with Crippen LogP contribution in [0, 0.1) is 41.4 Å². The molecule has 1 aliphatic rings. The van der Waals surface area contributed by atoms with Crippen LogP contribution in [0.4, 0.5) is 13.2 Å². The second-order valence-electron chi connectivity index (χ2n) is 15.8. The van der Waals surface area contributed by atoms with Crippen LogP contribution in [-0.4, -0.2) is 53.7 Å². The Hall–Kier alpha value is -2.85. The highest BCUT2D eigenvalue weighted by Crippen LogP contribution is 2.42. The van der Waals surface area contributed by atoms with Gasteiger partial charge in [-0.15, -0.1) is 0 Å². The average molecular weight is 795 g/mol. The molecule has 10 atom stereocenters. The van der Waals surface area contributed by atoms with Gasteiger partial charge >= 0.3 is 18.1 Å². The van der Waals surface area contributed by atoms with Crippen LogP contribution >= 0.6 is 0 Å². The van der Waals surface area contributed by atoms with E-state index >= 15 is 0 Å². The lowest BCUT2D eigenvalue weighted by molar-refractivity contribution is -0.150. The second-order valence-corrected chi connectivity index (χ2v) is 15.8. The zero-order chi connectivity index (χ0) is 41.7. The first-order valence-corrected chi connectivity index (χ1v) is 21.6. The third kappa shape index (κ3) is 16.6. The first-order chi connectivity index (χ1) is 26.7. The third-order valence-corrected chi connectivity index (χ3v) is 12.2. The lowest BCUT2D eigenvalue weighted by Gasteiger charge is -2.39. The molecule has 0 spiro atoms. The summed E-state index contributed by atoms with van der Waals surface area (Å²) in [5.41, 5.74) is -0.845. The van der Waals surface area contributed by atoms with Crippen molar-refractivity contribution in [2.24, 2.45) is 41.4 Å². The summed E-state index contributed by atoms with van der Waals surface area (Å²) >= 11 is 0. The molecule has 1 aromatic carbocycles. The Bertz CT molecular complexity index is 1310. The summed E-state index contributed by atoms with van der Waals surface area (Å²) in [6, 6.07) is 4.44. The van der Waals surface area contributed by atoms with Crippen molar-refractivity contribution in [1.29, 1.82) is 0 Å². The normalized spacial score (nSPS) is 22.1. The summed E-state index contributed by atoms with van der Waals surface area (Å²) in [6.07, 6.45) is 11.9. The Labute approximate surface area is 335 Å². The number of ether oxygens (including phenoxy) is 3. The number of alkyl halides is 3. The number of esters is 2. The smallest absolute Gasteiger partial charge is 0.416 e. The number of rotatable bonds is 27. The van der Waals surface area contributed by atoms with Crippen LogP contribution in [0.2, 0.25) is 0 Å². The predicted molar refractivity (Wildman–Crippen MR) is 217 cm³/mol. The van der Waals surface area contributed by atoms with Gasteiger partial charge in [-0.05, 0) is 79.9 Å². The Morgan fingerprint density at radius 2 is 1.62 bits per heavy atom. The summed E-state index contributed by atoms with van der Waals surface area (Å²) in [5.74, 6) is 2.46. The van der Waals surface area contributed by atoms with E-state index in [9.17, 15) is 33.0 Å². The highest BCUT2D eigenvalue weighted by Gasteiger charge is 2.42. The van der Waals surface area contributed by atoms with Crippen LogP contribution in [0.3, 0.4) is 0 Å².